The molecule has 0 saturated heterocycles. The summed E-state index contributed by atoms with van der Waals surface area (Å²) in [7, 11) is 0. The van der Waals surface area contributed by atoms with E-state index in [1.54, 1.807) is 17.8 Å². The normalized spacial score (nSPS) is 10.8. The first-order valence-electron chi connectivity index (χ1n) is 5.88. The zero-order valence-corrected chi connectivity index (χ0v) is 11.9. The lowest BCUT2D eigenvalue weighted by molar-refractivity contribution is 0.968. The Balaban J connectivity index is 1.96. The van der Waals surface area contributed by atoms with Gasteiger partial charge in [0.15, 0.2) is 0 Å². The maximum absolute atomic E-state index is 5.95. The Labute approximate surface area is 120 Å². The van der Waals surface area contributed by atoms with Gasteiger partial charge in [-0.2, -0.15) is 0 Å². The highest BCUT2D eigenvalue weighted by Gasteiger charge is 2.03. The first-order valence-corrected chi connectivity index (χ1v) is 7.08. The Morgan fingerprint density at radius 1 is 0.947 bits per heavy atom. The number of aryl methyl sites for hydroxylation is 1. The van der Waals surface area contributed by atoms with Gasteiger partial charge in [-0.05, 0) is 29.8 Å². The van der Waals surface area contributed by atoms with Gasteiger partial charge in [-0.25, -0.2) is 9.97 Å². The number of fused-ring (bicyclic) bond motifs is 1. The van der Waals surface area contributed by atoms with Crippen molar-refractivity contribution >= 4 is 34.1 Å². The summed E-state index contributed by atoms with van der Waals surface area (Å²) < 4.78 is 0. The Morgan fingerprint density at radius 2 is 1.74 bits per heavy atom. The summed E-state index contributed by atoms with van der Waals surface area (Å²) >= 11 is 7.54. The van der Waals surface area contributed by atoms with Crippen LogP contribution in [-0.4, -0.2) is 9.97 Å². The third-order valence-electron chi connectivity index (χ3n) is 2.73. The molecule has 2 nitrogen and oxygen atoms in total. The lowest BCUT2D eigenvalue weighted by Gasteiger charge is -2.04. The van der Waals surface area contributed by atoms with E-state index in [1.807, 2.05) is 19.1 Å². The van der Waals surface area contributed by atoms with Crippen molar-refractivity contribution in [3.8, 4) is 0 Å². The fourth-order valence-electron chi connectivity index (χ4n) is 1.91. The average molecular weight is 287 g/mol. The van der Waals surface area contributed by atoms with Gasteiger partial charge in [0.05, 0.1) is 0 Å². The molecule has 0 aliphatic rings. The molecule has 0 radical (unpaired) electrons. The third-order valence-corrected chi connectivity index (χ3v) is 3.83. The lowest BCUT2D eigenvalue weighted by Crippen LogP contribution is -1.89. The van der Waals surface area contributed by atoms with Gasteiger partial charge in [0, 0.05) is 11.0 Å². The molecule has 94 valence electrons. The molecule has 1 heterocycles. The molecule has 0 atom stereocenters. The van der Waals surface area contributed by atoms with Gasteiger partial charge in [0.25, 0.3) is 0 Å². The third kappa shape index (κ3) is 2.88. The highest BCUT2D eigenvalue weighted by atomic mass is 35.5. The molecule has 2 aromatic carbocycles. The second kappa shape index (κ2) is 5.19. The van der Waals surface area contributed by atoms with E-state index >= 15 is 0 Å². The van der Waals surface area contributed by atoms with Gasteiger partial charge in [0.1, 0.15) is 16.0 Å². The van der Waals surface area contributed by atoms with E-state index in [0.29, 0.717) is 11.0 Å². The first kappa shape index (κ1) is 12.5. The van der Waals surface area contributed by atoms with Crippen molar-refractivity contribution in [2.24, 2.45) is 0 Å². The minimum Gasteiger partial charge on any atom is -0.226 e. The van der Waals surface area contributed by atoms with Crippen molar-refractivity contribution in [1.82, 2.24) is 9.97 Å². The molecular weight excluding hydrogens is 276 g/mol. The van der Waals surface area contributed by atoms with Crippen LogP contribution in [0.15, 0.2) is 58.5 Å². The molecule has 0 unspecified atom stereocenters. The van der Waals surface area contributed by atoms with Gasteiger partial charge in [-0.15, -0.1) is 0 Å². The number of hydrogen-bond acceptors (Lipinski definition) is 3. The molecule has 1 aromatic heterocycles. The summed E-state index contributed by atoms with van der Waals surface area (Å²) in [6.07, 6.45) is 0. The van der Waals surface area contributed by atoms with Gasteiger partial charge in [0.2, 0.25) is 0 Å². The van der Waals surface area contributed by atoms with Crippen LogP contribution in [0.3, 0.4) is 0 Å². The quantitative estimate of drug-likeness (QED) is 0.636. The number of benzene rings is 2. The van der Waals surface area contributed by atoms with Crippen molar-refractivity contribution < 1.29 is 0 Å². The second-order valence-corrected chi connectivity index (χ2v) is 5.67. The SMILES string of the molecule is Cc1nc(Cl)cc(Sc2ccc3ccccc3c2)n1. The van der Waals surface area contributed by atoms with E-state index in [1.165, 1.54) is 10.8 Å². The number of halogens is 1. The van der Waals surface area contributed by atoms with Crippen LogP contribution >= 0.6 is 23.4 Å². The molecule has 3 aromatic rings. The maximum atomic E-state index is 5.95. The largest absolute Gasteiger partial charge is 0.226 e. The van der Waals surface area contributed by atoms with Crippen LogP contribution in [0.2, 0.25) is 5.15 Å². The van der Waals surface area contributed by atoms with Crippen molar-refractivity contribution in [2.45, 2.75) is 16.8 Å². The molecule has 19 heavy (non-hydrogen) atoms. The standard InChI is InChI=1S/C15H11ClN2S/c1-10-17-14(16)9-15(18-10)19-13-7-6-11-4-2-3-5-12(11)8-13/h2-9H,1H3. The van der Waals surface area contributed by atoms with E-state index in [4.69, 9.17) is 11.6 Å². The average Bonchev–Trinajstić information content (AvgIpc) is 2.37. The number of nitrogens with zero attached hydrogens (tertiary/aromatic N) is 2. The number of rotatable bonds is 2. The minimum absolute atomic E-state index is 0.482. The Morgan fingerprint density at radius 3 is 2.53 bits per heavy atom. The molecule has 0 fully saturated rings. The van der Waals surface area contributed by atoms with Crippen LogP contribution in [0, 0.1) is 6.92 Å². The second-order valence-electron chi connectivity index (χ2n) is 4.19. The smallest absolute Gasteiger partial charge is 0.133 e. The summed E-state index contributed by atoms with van der Waals surface area (Å²) in [5.74, 6) is 0.691. The topological polar surface area (TPSA) is 25.8 Å². The molecule has 0 saturated carbocycles. The summed E-state index contributed by atoms with van der Waals surface area (Å²) in [5, 5.41) is 3.82. The van der Waals surface area contributed by atoms with Gasteiger partial charge < -0.3 is 0 Å². The van der Waals surface area contributed by atoms with E-state index in [2.05, 4.69) is 40.3 Å². The van der Waals surface area contributed by atoms with Gasteiger partial charge >= 0.3 is 0 Å². The fourth-order valence-corrected chi connectivity index (χ4v) is 3.11. The van der Waals surface area contributed by atoms with Crippen LogP contribution in [0.25, 0.3) is 10.8 Å². The molecule has 0 amide bonds. The Bertz CT molecular complexity index is 723. The van der Waals surface area contributed by atoms with E-state index in [-0.39, 0.29) is 0 Å². The van der Waals surface area contributed by atoms with Gasteiger partial charge in [-0.3, -0.25) is 0 Å². The van der Waals surface area contributed by atoms with Crippen LogP contribution < -0.4 is 0 Å². The molecule has 4 heteroatoms. The van der Waals surface area contributed by atoms with Crippen molar-refractivity contribution in [2.75, 3.05) is 0 Å². The van der Waals surface area contributed by atoms with Crippen LogP contribution in [-0.2, 0) is 0 Å². The summed E-state index contributed by atoms with van der Waals surface area (Å²) in [6, 6.07) is 16.5. The number of aromatic nitrogens is 2. The zero-order valence-electron chi connectivity index (χ0n) is 10.3. The van der Waals surface area contributed by atoms with Crippen molar-refractivity contribution in [3.63, 3.8) is 0 Å². The van der Waals surface area contributed by atoms with Gasteiger partial charge in [-0.1, -0.05) is 53.7 Å². The maximum Gasteiger partial charge on any atom is 0.133 e. The molecule has 0 bridgehead atoms. The Hall–Kier alpha value is -1.58. The molecular formula is C15H11ClN2S. The number of hydrogen-bond donors (Lipinski definition) is 0. The minimum atomic E-state index is 0.482. The molecule has 0 N–H and O–H groups in total. The Kier molecular flexibility index (Phi) is 3.40. The predicted octanol–water partition coefficient (Wildman–Crippen LogP) is 4.74. The van der Waals surface area contributed by atoms with Crippen LogP contribution in [0.4, 0.5) is 0 Å². The molecule has 3 rings (SSSR count). The van der Waals surface area contributed by atoms with Crippen LogP contribution in [0.5, 0.6) is 0 Å². The van der Waals surface area contributed by atoms with Crippen molar-refractivity contribution in [1.29, 1.82) is 0 Å². The summed E-state index contributed by atoms with van der Waals surface area (Å²) in [4.78, 5) is 9.59. The zero-order chi connectivity index (χ0) is 13.2. The molecule has 0 aliphatic carbocycles. The summed E-state index contributed by atoms with van der Waals surface area (Å²) in [5.41, 5.74) is 0. The van der Waals surface area contributed by atoms with E-state index in [0.717, 1.165) is 9.92 Å². The highest BCUT2D eigenvalue weighted by molar-refractivity contribution is 7.99. The van der Waals surface area contributed by atoms with E-state index in [9.17, 15) is 0 Å². The monoisotopic (exact) mass is 286 g/mol. The fraction of sp³-hybridized carbons (Fsp3) is 0.0667. The predicted molar refractivity (Wildman–Crippen MR) is 79.9 cm³/mol. The van der Waals surface area contributed by atoms with Crippen molar-refractivity contribution in [3.05, 3.63) is 59.5 Å². The van der Waals surface area contributed by atoms with E-state index < -0.39 is 0 Å². The molecule has 0 spiro atoms. The summed E-state index contributed by atoms with van der Waals surface area (Å²) in [6.45, 7) is 1.84. The first-order chi connectivity index (χ1) is 9.20. The lowest BCUT2D eigenvalue weighted by atomic mass is 10.1. The molecule has 0 aliphatic heterocycles. The van der Waals surface area contributed by atoms with Crippen LogP contribution in [0.1, 0.15) is 5.82 Å². The highest BCUT2D eigenvalue weighted by Crippen LogP contribution is 2.29.